The Morgan fingerprint density at radius 1 is 1.29 bits per heavy atom. The van der Waals surface area contributed by atoms with E-state index in [1.54, 1.807) is 7.11 Å². The number of nitrogens with one attached hydrogen (secondary N) is 1. The standard InChI is InChI=1S/C17H21N3O/c1-13(2)19-10-15-6-7-20(12-15)11-14-4-5-17(21-3)16(8-14)9-18/h4-8,12-13,19H,10-11H2,1-3H3. The highest BCUT2D eigenvalue weighted by atomic mass is 16.5. The number of methoxy groups -OCH3 is 1. The number of hydrogen-bond donors (Lipinski definition) is 1. The van der Waals surface area contributed by atoms with Crippen molar-refractivity contribution in [1.82, 2.24) is 9.88 Å². The lowest BCUT2D eigenvalue weighted by atomic mass is 10.1. The van der Waals surface area contributed by atoms with Crippen LogP contribution in [-0.2, 0) is 13.1 Å². The van der Waals surface area contributed by atoms with Gasteiger partial charge in [-0.3, -0.25) is 0 Å². The molecule has 0 aliphatic carbocycles. The topological polar surface area (TPSA) is 50.0 Å². The molecule has 0 unspecified atom stereocenters. The van der Waals surface area contributed by atoms with E-state index in [4.69, 9.17) is 10.00 Å². The summed E-state index contributed by atoms with van der Waals surface area (Å²) in [5.74, 6) is 0.621. The van der Waals surface area contributed by atoms with Crippen molar-refractivity contribution >= 4 is 0 Å². The van der Waals surface area contributed by atoms with Crippen molar-refractivity contribution in [3.63, 3.8) is 0 Å². The fraction of sp³-hybridized carbons (Fsp3) is 0.353. The smallest absolute Gasteiger partial charge is 0.136 e. The van der Waals surface area contributed by atoms with Crippen LogP contribution in [0.5, 0.6) is 5.75 Å². The van der Waals surface area contributed by atoms with E-state index in [1.165, 1.54) is 5.56 Å². The van der Waals surface area contributed by atoms with Crippen molar-refractivity contribution in [3.8, 4) is 11.8 Å². The molecule has 0 amide bonds. The zero-order valence-electron chi connectivity index (χ0n) is 12.8. The summed E-state index contributed by atoms with van der Waals surface area (Å²) in [5.41, 5.74) is 2.92. The normalized spacial score (nSPS) is 10.6. The van der Waals surface area contributed by atoms with Gasteiger partial charge in [-0.05, 0) is 29.3 Å². The number of nitrogens with zero attached hydrogens (tertiary/aromatic N) is 2. The van der Waals surface area contributed by atoms with Gasteiger partial charge in [-0.2, -0.15) is 5.26 Å². The fourth-order valence-corrected chi connectivity index (χ4v) is 2.17. The van der Waals surface area contributed by atoms with E-state index >= 15 is 0 Å². The first-order chi connectivity index (χ1) is 10.1. The first-order valence-electron chi connectivity index (χ1n) is 7.07. The molecule has 1 N–H and O–H groups in total. The molecule has 1 aromatic heterocycles. The zero-order chi connectivity index (χ0) is 15.2. The summed E-state index contributed by atoms with van der Waals surface area (Å²) in [7, 11) is 1.58. The molecule has 4 nitrogen and oxygen atoms in total. The van der Waals surface area contributed by atoms with Gasteiger partial charge in [0.25, 0.3) is 0 Å². The Morgan fingerprint density at radius 2 is 2.10 bits per heavy atom. The van der Waals surface area contributed by atoms with Gasteiger partial charge in [0, 0.05) is 31.5 Å². The van der Waals surface area contributed by atoms with Crippen LogP contribution in [0.1, 0.15) is 30.5 Å². The molecule has 21 heavy (non-hydrogen) atoms. The maximum Gasteiger partial charge on any atom is 0.136 e. The fourth-order valence-electron chi connectivity index (χ4n) is 2.17. The number of benzene rings is 1. The largest absolute Gasteiger partial charge is 0.495 e. The summed E-state index contributed by atoms with van der Waals surface area (Å²) in [4.78, 5) is 0. The molecule has 2 aromatic rings. The van der Waals surface area contributed by atoms with Crippen LogP contribution < -0.4 is 10.1 Å². The van der Waals surface area contributed by atoms with Crippen LogP contribution in [0.15, 0.2) is 36.7 Å². The van der Waals surface area contributed by atoms with Crippen molar-refractivity contribution in [1.29, 1.82) is 5.26 Å². The molecule has 0 fully saturated rings. The van der Waals surface area contributed by atoms with Crippen molar-refractivity contribution in [3.05, 3.63) is 53.3 Å². The average molecular weight is 283 g/mol. The molecule has 4 heteroatoms. The SMILES string of the molecule is COc1ccc(Cn2ccc(CNC(C)C)c2)cc1C#N. The minimum atomic E-state index is 0.480. The predicted molar refractivity (Wildman–Crippen MR) is 83.2 cm³/mol. The molecule has 0 aliphatic rings. The van der Waals surface area contributed by atoms with Crippen molar-refractivity contribution in [2.75, 3.05) is 7.11 Å². The number of hydrogen-bond acceptors (Lipinski definition) is 3. The van der Waals surface area contributed by atoms with Gasteiger partial charge in [0.1, 0.15) is 11.8 Å². The van der Waals surface area contributed by atoms with Crippen molar-refractivity contribution in [2.45, 2.75) is 33.0 Å². The number of nitriles is 1. The van der Waals surface area contributed by atoms with Crippen LogP contribution in [0.2, 0.25) is 0 Å². The summed E-state index contributed by atoms with van der Waals surface area (Å²) in [6.07, 6.45) is 4.19. The van der Waals surface area contributed by atoms with Gasteiger partial charge in [0.15, 0.2) is 0 Å². The van der Waals surface area contributed by atoms with Gasteiger partial charge in [-0.1, -0.05) is 19.9 Å². The molecule has 0 saturated carbocycles. The molecule has 1 aromatic carbocycles. The molecule has 110 valence electrons. The van der Waals surface area contributed by atoms with E-state index in [0.717, 1.165) is 18.7 Å². The summed E-state index contributed by atoms with van der Waals surface area (Å²) >= 11 is 0. The Kier molecular flexibility index (Phi) is 5.02. The summed E-state index contributed by atoms with van der Waals surface area (Å²) in [6.45, 7) is 5.90. The van der Waals surface area contributed by atoms with Crippen LogP contribution in [0.25, 0.3) is 0 Å². The number of rotatable bonds is 6. The molecule has 0 radical (unpaired) electrons. The second-order valence-corrected chi connectivity index (χ2v) is 5.37. The summed E-state index contributed by atoms with van der Waals surface area (Å²) in [5, 5.41) is 12.5. The monoisotopic (exact) mass is 283 g/mol. The third-order valence-corrected chi connectivity index (χ3v) is 3.28. The van der Waals surface area contributed by atoms with Gasteiger partial charge < -0.3 is 14.6 Å². The van der Waals surface area contributed by atoms with Crippen LogP contribution >= 0.6 is 0 Å². The van der Waals surface area contributed by atoms with Crippen LogP contribution in [0, 0.1) is 11.3 Å². The van der Waals surface area contributed by atoms with E-state index in [-0.39, 0.29) is 0 Å². The Morgan fingerprint density at radius 3 is 2.76 bits per heavy atom. The number of ether oxygens (including phenoxy) is 1. The molecule has 0 aliphatic heterocycles. The maximum atomic E-state index is 9.12. The summed E-state index contributed by atoms with van der Waals surface area (Å²) in [6, 6.07) is 10.5. The van der Waals surface area contributed by atoms with Gasteiger partial charge in [-0.15, -0.1) is 0 Å². The molecule has 0 saturated heterocycles. The average Bonchev–Trinajstić information content (AvgIpc) is 2.92. The minimum Gasteiger partial charge on any atom is -0.495 e. The highest BCUT2D eigenvalue weighted by molar-refractivity contribution is 5.45. The van der Waals surface area contributed by atoms with E-state index in [0.29, 0.717) is 17.4 Å². The third kappa shape index (κ3) is 4.11. The molecular weight excluding hydrogens is 262 g/mol. The van der Waals surface area contributed by atoms with Crippen LogP contribution in [-0.4, -0.2) is 17.7 Å². The molecule has 2 rings (SSSR count). The molecule has 1 heterocycles. The van der Waals surface area contributed by atoms with Crippen LogP contribution in [0.3, 0.4) is 0 Å². The predicted octanol–water partition coefficient (Wildman–Crippen LogP) is 2.91. The highest BCUT2D eigenvalue weighted by Gasteiger charge is 2.05. The lowest BCUT2D eigenvalue weighted by Crippen LogP contribution is -2.21. The Balaban J connectivity index is 2.07. The first kappa shape index (κ1) is 15.1. The van der Waals surface area contributed by atoms with E-state index in [2.05, 4.69) is 48.3 Å². The third-order valence-electron chi connectivity index (χ3n) is 3.28. The van der Waals surface area contributed by atoms with E-state index in [1.807, 2.05) is 18.2 Å². The van der Waals surface area contributed by atoms with Gasteiger partial charge in [0.2, 0.25) is 0 Å². The number of aromatic nitrogens is 1. The lowest BCUT2D eigenvalue weighted by Gasteiger charge is -2.08. The van der Waals surface area contributed by atoms with Crippen LogP contribution in [0.4, 0.5) is 0 Å². The minimum absolute atomic E-state index is 0.480. The Labute approximate surface area is 126 Å². The highest BCUT2D eigenvalue weighted by Crippen LogP contribution is 2.19. The summed E-state index contributed by atoms with van der Waals surface area (Å²) < 4.78 is 7.29. The molecular formula is C17H21N3O. The maximum absolute atomic E-state index is 9.12. The second-order valence-electron chi connectivity index (χ2n) is 5.37. The van der Waals surface area contributed by atoms with Crippen molar-refractivity contribution in [2.24, 2.45) is 0 Å². The van der Waals surface area contributed by atoms with E-state index in [9.17, 15) is 0 Å². The van der Waals surface area contributed by atoms with E-state index < -0.39 is 0 Å². The van der Waals surface area contributed by atoms with Crippen molar-refractivity contribution < 1.29 is 4.74 Å². The zero-order valence-corrected chi connectivity index (χ0v) is 12.8. The molecule has 0 atom stereocenters. The van der Waals surface area contributed by atoms with Gasteiger partial charge in [0.05, 0.1) is 12.7 Å². The molecule has 0 spiro atoms. The second kappa shape index (κ2) is 6.96. The van der Waals surface area contributed by atoms with Gasteiger partial charge >= 0.3 is 0 Å². The Bertz CT molecular complexity index is 638. The first-order valence-corrected chi connectivity index (χ1v) is 7.07. The quantitative estimate of drug-likeness (QED) is 0.887. The Hall–Kier alpha value is -2.25. The van der Waals surface area contributed by atoms with Gasteiger partial charge in [-0.25, -0.2) is 0 Å². The lowest BCUT2D eigenvalue weighted by molar-refractivity contribution is 0.413. The molecule has 0 bridgehead atoms.